The number of rotatable bonds is 4. The van der Waals surface area contributed by atoms with Crippen LogP contribution in [0, 0.1) is 0 Å². The number of aromatic carboxylic acids is 1. The van der Waals surface area contributed by atoms with E-state index in [1.807, 2.05) is 6.07 Å². The van der Waals surface area contributed by atoms with Crippen molar-refractivity contribution in [3.05, 3.63) is 57.1 Å². The molecular formula is C18H18N4O4. The molecule has 8 nitrogen and oxygen atoms in total. The minimum absolute atomic E-state index is 0.0946. The van der Waals surface area contributed by atoms with E-state index >= 15 is 0 Å². The SMILES string of the molecule is CCn1c(=O)c(C(=O)O)cn(-c2ccc3c(c2)ncn3C2CCC2)c1=O. The minimum atomic E-state index is -1.36. The highest BCUT2D eigenvalue weighted by Crippen LogP contribution is 2.34. The predicted molar refractivity (Wildman–Crippen MR) is 95.1 cm³/mol. The lowest BCUT2D eigenvalue weighted by molar-refractivity contribution is 0.0693. The fraction of sp³-hybridized carbons (Fsp3) is 0.333. The maximum atomic E-state index is 12.6. The Balaban J connectivity index is 1.90. The van der Waals surface area contributed by atoms with Crippen LogP contribution in [0.2, 0.25) is 0 Å². The number of imidazole rings is 1. The van der Waals surface area contributed by atoms with Gasteiger partial charge in [0, 0.05) is 18.8 Å². The van der Waals surface area contributed by atoms with Gasteiger partial charge in [0.1, 0.15) is 5.56 Å². The highest BCUT2D eigenvalue weighted by atomic mass is 16.4. The summed E-state index contributed by atoms with van der Waals surface area (Å²) < 4.78 is 4.25. The molecule has 26 heavy (non-hydrogen) atoms. The van der Waals surface area contributed by atoms with Crippen molar-refractivity contribution in [2.75, 3.05) is 0 Å². The van der Waals surface area contributed by atoms with Crippen LogP contribution in [0.4, 0.5) is 0 Å². The standard InChI is InChI=1S/C18H18N4O4/c1-2-20-16(23)13(17(24)25)9-21(18(20)26)12-6-7-15-14(8-12)19-10-22(15)11-4-3-5-11/h6-11H,2-5H2,1H3,(H,24,25). The number of carboxylic acid groups (broad SMARTS) is 1. The molecule has 1 aromatic carbocycles. The Bertz CT molecular complexity index is 1130. The third-order valence-corrected chi connectivity index (χ3v) is 5.02. The average molecular weight is 354 g/mol. The number of carboxylic acids is 1. The Morgan fingerprint density at radius 1 is 1.31 bits per heavy atom. The molecule has 0 radical (unpaired) electrons. The molecule has 0 saturated heterocycles. The van der Waals surface area contributed by atoms with Gasteiger partial charge in [0.25, 0.3) is 5.56 Å². The van der Waals surface area contributed by atoms with E-state index < -0.39 is 22.8 Å². The topological polar surface area (TPSA) is 99.1 Å². The van der Waals surface area contributed by atoms with Gasteiger partial charge in [-0.2, -0.15) is 0 Å². The van der Waals surface area contributed by atoms with Gasteiger partial charge in [-0.05, 0) is 44.4 Å². The van der Waals surface area contributed by atoms with Crippen LogP contribution in [0.25, 0.3) is 16.7 Å². The fourth-order valence-electron chi connectivity index (χ4n) is 3.34. The minimum Gasteiger partial charge on any atom is -0.477 e. The van der Waals surface area contributed by atoms with Crippen molar-refractivity contribution in [1.29, 1.82) is 0 Å². The zero-order valence-corrected chi connectivity index (χ0v) is 14.3. The van der Waals surface area contributed by atoms with E-state index in [-0.39, 0.29) is 6.54 Å². The molecule has 0 unspecified atom stereocenters. The number of aromatic nitrogens is 4. The van der Waals surface area contributed by atoms with Crippen LogP contribution in [0.5, 0.6) is 0 Å². The lowest BCUT2D eigenvalue weighted by Gasteiger charge is -2.27. The Hall–Kier alpha value is -3.16. The smallest absolute Gasteiger partial charge is 0.342 e. The lowest BCUT2D eigenvalue weighted by atomic mass is 9.93. The van der Waals surface area contributed by atoms with Crippen LogP contribution in [0.15, 0.2) is 40.3 Å². The van der Waals surface area contributed by atoms with Gasteiger partial charge < -0.3 is 9.67 Å². The molecule has 0 spiro atoms. The molecule has 2 heterocycles. The molecule has 3 aromatic rings. The first-order valence-corrected chi connectivity index (χ1v) is 8.58. The summed E-state index contributed by atoms with van der Waals surface area (Å²) in [7, 11) is 0. The van der Waals surface area contributed by atoms with E-state index in [1.54, 1.807) is 25.4 Å². The first-order chi connectivity index (χ1) is 12.5. The fourth-order valence-corrected chi connectivity index (χ4v) is 3.34. The normalized spacial score (nSPS) is 14.5. The largest absolute Gasteiger partial charge is 0.477 e. The molecule has 8 heteroatoms. The third-order valence-electron chi connectivity index (χ3n) is 5.02. The van der Waals surface area contributed by atoms with E-state index in [0.29, 0.717) is 11.7 Å². The molecule has 134 valence electrons. The van der Waals surface area contributed by atoms with E-state index in [9.17, 15) is 19.5 Å². The first kappa shape index (κ1) is 16.3. The van der Waals surface area contributed by atoms with Gasteiger partial charge >= 0.3 is 11.7 Å². The summed E-state index contributed by atoms with van der Waals surface area (Å²) >= 11 is 0. The Morgan fingerprint density at radius 2 is 2.08 bits per heavy atom. The van der Waals surface area contributed by atoms with Gasteiger partial charge in [0.2, 0.25) is 0 Å². The second-order valence-corrected chi connectivity index (χ2v) is 6.46. The maximum Gasteiger partial charge on any atom is 0.342 e. The predicted octanol–water partition coefficient (Wildman–Crippen LogP) is 1.79. The van der Waals surface area contributed by atoms with Gasteiger partial charge in [-0.1, -0.05) is 0 Å². The average Bonchev–Trinajstić information content (AvgIpc) is 2.96. The first-order valence-electron chi connectivity index (χ1n) is 8.58. The number of hydrogen-bond donors (Lipinski definition) is 1. The van der Waals surface area contributed by atoms with Crippen LogP contribution in [-0.2, 0) is 6.54 Å². The molecule has 1 fully saturated rings. The molecule has 0 aliphatic heterocycles. The second-order valence-electron chi connectivity index (χ2n) is 6.46. The summed E-state index contributed by atoms with van der Waals surface area (Å²) in [5.74, 6) is -1.36. The van der Waals surface area contributed by atoms with Gasteiger partial charge in [0.15, 0.2) is 0 Å². The van der Waals surface area contributed by atoms with Crippen LogP contribution in [-0.4, -0.2) is 29.8 Å². The molecule has 1 aliphatic rings. The number of fused-ring (bicyclic) bond motifs is 1. The van der Waals surface area contributed by atoms with E-state index in [0.717, 1.165) is 34.6 Å². The Kier molecular flexibility index (Phi) is 3.75. The van der Waals surface area contributed by atoms with Crippen LogP contribution < -0.4 is 11.2 Å². The van der Waals surface area contributed by atoms with Crippen molar-refractivity contribution < 1.29 is 9.90 Å². The molecule has 4 rings (SSSR count). The lowest BCUT2D eigenvalue weighted by Crippen LogP contribution is -2.41. The van der Waals surface area contributed by atoms with Crippen LogP contribution in [0.1, 0.15) is 42.6 Å². The van der Waals surface area contributed by atoms with E-state index in [1.165, 1.54) is 11.0 Å². The van der Waals surface area contributed by atoms with Crippen molar-refractivity contribution in [2.24, 2.45) is 0 Å². The molecule has 2 aromatic heterocycles. The zero-order valence-electron chi connectivity index (χ0n) is 14.3. The quantitative estimate of drug-likeness (QED) is 0.770. The van der Waals surface area contributed by atoms with Gasteiger partial charge in [-0.25, -0.2) is 14.6 Å². The summed E-state index contributed by atoms with van der Waals surface area (Å²) in [6.07, 6.45) is 6.38. The summed E-state index contributed by atoms with van der Waals surface area (Å²) in [5.41, 5.74) is 0.385. The molecule has 0 bridgehead atoms. The van der Waals surface area contributed by atoms with E-state index in [4.69, 9.17) is 0 Å². The molecule has 1 N–H and O–H groups in total. The van der Waals surface area contributed by atoms with Crippen molar-refractivity contribution in [3.63, 3.8) is 0 Å². The van der Waals surface area contributed by atoms with Crippen LogP contribution in [0.3, 0.4) is 0 Å². The third kappa shape index (κ3) is 2.37. The number of nitrogens with zero attached hydrogens (tertiary/aromatic N) is 4. The summed E-state index contributed by atoms with van der Waals surface area (Å²) in [6, 6.07) is 5.83. The number of benzene rings is 1. The summed E-state index contributed by atoms with van der Waals surface area (Å²) in [5, 5.41) is 9.27. The van der Waals surface area contributed by atoms with Crippen LogP contribution >= 0.6 is 0 Å². The highest BCUT2D eigenvalue weighted by molar-refractivity contribution is 5.87. The molecule has 1 saturated carbocycles. The van der Waals surface area contributed by atoms with Crippen molar-refractivity contribution in [1.82, 2.24) is 18.7 Å². The van der Waals surface area contributed by atoms with Gasteiger partial charge in [-0.3, -0.25) is 13.9 Å². The molecule has 1 aliphatic carbocycles. The molecule has 0 atom stereocenters. The summed E-state index contributed by atoms with van der Waals surface area (Å²) in [4.78, 5) is 40.5. The monoisotopic (exact) mass is 354 g/mol. The van der Waals surface area contributed by atoms with Gasteiger partial charge in [0.05, 0.1) is 23.0 Å². The molecular weight excluding hydrogens is 336 g/mol. The zero-order chi connectivity index (χ0) is 18.4. The molecule has 0 amide bonds. The Morgan fingerprint density at radius 3 is 2.69 bits per heavy atom. The van der Waals surface area contributed by atoms with Crippen molar-refractivity contribution in [2.45, 2.75) is 38.8 Å². The Labute approximate surface area is 147 Å². The van der Waals surface area contributed by atoms with Crippen molar-refractivity contribution >= 4 is 17.0 Å². The summed E-state index contributed by atoms with van der Waals surface area (Å²) in [6.45, 7) is 1.72. The van der Waals surface area contributed by atoms with E-state index in [2.05, 4.69) is 9.55 Å². The van der Waals surface area contributed by atoms with Gasteiger partial charge in [-0.15, -0.1) is 0 Å². The highest BCUT2D eigenvalue weighted by Gasteiger charge is 2.21. The number of hydrogen-bond acceptors (Lipinski definition) is 4. The maximum absolute atomic E-state index is 12.6. The van der Waals surface area contributed by atoms with Crippen molar-refractivity contribution in [3.8, 4) is 5.69 Å². The second kappa shape index (κ2) is 5.98. The number of carbonyl (C=O) groups is 1.